The number of fused-ring (bicyclic) bond motifs is 1. The van der Waals surface area contributed by atoms with Crippen LogP contribution in [-0.2, 0) is 4.79 Å². The van der Waals surface area contributed by atoms with E-state index in [1.54, 1.807) is 12.1 Å². The van der Waals surface area contributed by atoms with E-state index >= 15 is 0 Å². The van der Waals surface area contributed by atoms with E-state index in [0.717, 1.165) is 5.39 Å². The second-order valence-electron chi connectivity index (χ2n) is 7.88. The molecule has 1 aromatic heterocycles. The highest BCUT2D eigenvalue weighted by Crippen LogP contribution is 2.40. The van der Waals surface area contributed by atoms with Gasteiger partial charge in [0, 0.05) is 11.9 Å². The molecule has 0 bridgehead atoms. The van der Waals surface area contributed by atoms with Gasteiger partial charge in [0.05, 0.1) is 17.7 Å². The van der Waals surface area contributed by atoms with Crippen molar-refractivity contribution in [2.45, 2.75) is 39.3 Å². The number of Topliss-reactive ketones (excluding diaryl/α,β-unsaturated/α-hetero) is 1. The molecular formula is C25H25NO5. The van der Waals surface area contributed by atoms with Crippen LogP contribution in [0.1, 0.15) is 49.4 Å². The van der Waals surface area contributed by atoms with Gasteiger partial charge in [0.1, 0.15) is 11.3 Å². The van der Waals surface area contributed by atoms with Crippen molar-refractivity contribution in [3.63, 3.8) is 0 Å². The van der Waals surface area contributed by atoms with Crippen LogP contribution in [0.3, 0.4) is 0 Å². The highest BCUT2D eigenvalue weighted by atomic mass is 16.5. The summed E-state index contributed by atoms with van der Waals surface area (Å²) < 4.78 is 11.5. The van der Waals surface area contributed by atoms with Gasteiger partial charge in [-0.3, -0.25) is 9.59 Å². The number of ketones is 1. The number of amides is 1. The summed E-state index contributed by atoms with van der Waals surface area (Å²) in [6, 6.07) is 15.5. The summed E-state index contributed by atoms with van der Waals surface area (Å²) in [5.74, 6) is -0.853. The molecule has 6 heteroatoms. The zero-order valence-corrected chi connectivity index (χ0v) is 17.8. The highest BCUT2D eigenvalue weighted by molar-refractivity contribution is 6.16. The van der Waals surface area contributed by atoms with Crippen LogP contribution in [0.2, 0.25) is 0 Å². The number of ether oxygens (including phenoxy) is 1. The first-order valence-electron chi connectivity index (χ1n) is 10.4. The first-order chi connectivity index (χ1) is 14.9. The molecule has 1 aliphatic heterocycles. The largest absolute Gasteiger partial charge is 0.503 e. The molecule has 2 heterocycles. The number of hydrogen-bond acceptors (Lipinski definition) is 5. The molecule has 0 aliphatic carbocycles. The van der Waals surface area contributed by atoms with Crippen LogP contribution in [0.4, 0.5) is 0 Å². The Morgan fingerprint density at radius 3 is 2.65 bits per heavy atom. The van der Waals surface area contributed by atoms with Gasteiger partial charge in [0.25, 0.3) is 5.91 Å². The average molecular weight is 419 g/mol. The summed E-state index contributed by atoms with van der Waals surface area (Å²) in [6.45, 7) is 6.20. The molecule has 0 fully saturated rings. The third-order valence-electron chi connectivity index (χ3n) is 5.21. The first-order valence-corrected chi connectivity index (χ1v) is 10.4. The third-order valence-corrected chi connectivity index (χ3v) is 5.21. The number of aliphatic hydroxyl groups is 1. The van der Waals surface area contributed by atoms with Crippen molar-refractivity contribution in [1.82, 2.24) is 4.90 Å². The van der Waals surface area contributed by atoms with Crippen molar-refractivity contribution in [3.05, 3.63) is 77.3 Å². The molecule has 3 aromatic rings. The van der Waals surface area contributed by atoms with Crippen LogP contribution < -0.4 is 4.74 Å². The van der Waals surface area contributed by atoms with Gasteiger partial charge >= 0.3 is 0 Å². The Morgan fingerprint density at radius 2 is 1.94 bits per heavy atom. The van der Waals surface area contributed by atoms with E-state index in [4.69, 9.17) is 9.15 Å². The van der Waals surface area contributed by atoms with Crippen LogP contribution in [0.15, 0.2) is 70.3 Å². The maximum atomic E-state index is 13.4. The molecule has 6 nitrogen and oxygen atoms in total. The van der Waals surface area contributed by atoms with E-state index < -0.39 is 23.5 Å². The van der Waals surface area contributed by atoms with Gasteiger partial charge in [-0.15, -0.1) is 0 Å². The molecule has 0 spiro atoms. The normalized spacial score (nSPS) is 16.6. The number of para-hydroxylation sites is 1. The minimum Gasteiger partial charge on any atom is -0.503 e. The van der Waals surface area contributed by atoms with Crippen LogP contribution in [0.25, 0.3) is 11.0 Å². The maximum absolute atomic E-state index is 13.4. The quantitative estimate of drug-likeness (QED) is 0.532. The Labute approximate surface area is 180 Å². The molecule has 1 amide bonds. The number of nitrogens with zero attached hydrogens (tertiary/aromatic N) is 1. The fraction of sp³-hybridized carbons (Fsp3) is 0.280. The van der Waals surface area contributed by atoms with E-state index in [2.05, 4.69) is 0 Å². The summed E-state index contributed by atoms with van der Waals surface area (Å²) in [6.07, 6.45) is 0.664. The molecular weight excluding hydrogens is 394 g/mol. The molecule has 2 aromatic carbocycles. The summed E-state index contributed by atoms with van der Waals surface area (Å²) >= 11 is 0. The average Bonchev–Trinajstić information content (AvgIpc) is 3.28. The van der Waals surface area contributed by atoms with Gasteiger partial charge in [-0.05, 0) is 50.1 Å². The monoisotopic (exact) mass is 419 g/mol. The lowest BCUT2D eigenvalue weighted by atomic mass is 9.94. The van der Waals surface area contributed by atoms with E-state index in [0.29, 0.717) is 29.9 Å². The van der Waals surface area contributed by atoms with Crippen LogP contribution >= 0.6 is 0 Å². The highest BCUT2D eigenvalue weighted by Gasteiger charge is 2.44. The number of furan rings is 1. The van der Waals surface area contributed by atoms with Crippen molar-refractivity contribution >= 4 is 22.7 Å². The van der Waals surface area contributed by atoms with Gasteiger partial charge in [0.15, 0.2) is 11.5 Å². The molecule has 31 heavy (non-hydrogen) atoms. The van der Waals surface area contributed by atoms with Crippen molar-refractivity contribution in [3.8, 4) is 5.75 Å². The van der Waals surface area contributed by atoms with E-state index in [1.165, 1.54) is 4.90 Å². The lowest BCUT2D eigenvalue weighted by Gasteiger charge is -2.26. The zero-order chi connectivity index (χ0) is 22.1. The zero-order valence-electron chi connectivity index (χ0n) is 17.8. The number of carbonyl (C=O) groups is 2. The molecule has 1 unspecified atom stereocenters. The Kier molecular flexibility index (Phi) is 5.55. The van der Waals surface area contributed by atoms with Gasteiger partial charge in [0.2, 0.25) is 5.78 Å². The molecule has 160 valence electrons. The van der Waals surface area contributed by atoms with Crippen LogP contribution in [0.5, 0.6) is 5.75 Å². The third kappa shape index (κ3) is 3.81. The molecule has 1 aliphatic rings. The number of aliphatic hydroxyl groups excluding tert-OH is 1. The molecule has 1 atom stereocenters. The van der Waals surface area contributed by atoms with Crippen molar-refractivity contribution in [2.75, 3.05) is 6.54 Å². The summed E-state index contributed by atoms with van der Waals surface area (Å²) in [4.78, 5) is 27.8. The predicted molar refractivity (Wildman–Crippen MR) is 117 cm³/mol. The Balaban J connectivity index is 1.80. The topological polar surface area (TPSA) is 80.0 Å². The van der Waals surface area contributed by atoms with E-state index in [-0.39, 0.29) is 17.4 Å². The van der Waals surface area contributed by atoms with Crippen LogP contribution in [-0.4, -0.2) is 34.3 Å². The Hall–Kier alpha value is -3.54. The Morgan fingerprint density at radius 1 is 1.16 bits per heavy atom. The van der Waals surface area contributed by atoms with E-state index in [9.17, 15) is 14.7 Å². The first kappa shape index (κ1) is 20.7. The summed E-state index contributed by atoms with van der Waals surface area (Å²) in [7, 11) is 0. The second kappa shape index (κ2) is 8.30. The lowest BCUT2D eigenvalue weighted by molar-refractivity contribution is -0.129. The lowest BCUT2D eigenvalue weighted by Crippen LogP contribution is -2.31. The molecule has 4 rings (SSSR count). The van der Waals surface area contributed by atoms with Crippen molar-refractivity contribution in [1.29, 1.82) is 0 Å². The minimum atomic E-state index is -0.719. The molecule has 0 radical (unpaired) electrons. The van der Waals surface area contributed by atoms with Gasteiger partial charge < -0.3 is 19.2 Å². The number of rotatable bonds is 7. The maximum Gasteiger partial charge on any atom is 0.290 e. The predicted octanol–water partition coefficient (Wildman–Crippen LogP) is 5.21. The second-order valence-corrected chi connectivity index (χ2v) is 7.88. The standard InChI is InChI=1S/C25H25NO5/c1-4-12-26-22(17-9-7-10-18(13-17)30-15(2)3)21(24(28)25(26)29)23(27)20-14-16-8-5-6-11-19(16)31-20/h5-11,13-15,22,28H,4,12H2,1-3H3. The van der Waals surface area contributed by atoms with E-state index in [1.807, 2.05) is 63.2 Å². The molecule has 0 saturated carbocycles. The van der Waals surface area contributed by atoms with Gasteiger partial charge in [-0.2, -0.15) is 0 Å². The summed E-state index contributed by atoms with van der Waals surface area (Å²) in [5, 5.41) is 11.5. The van der Waals surface area contributed by atoms with Gasteiger partial charge in [-0.25, -0.2) is 0 Å². The van der Waals surface area contributed by atoms with Crippen LogP contribution in [0, 0.1) is 0 Å². The van der Waals surface area contributed by atoms with Gasteiger partial charge in [-0.1, -0.05) is 37.3 Å². The number of benzene rings is 2. The number of hydrogen-bond donors (Lipinski definition) is 1. The smallest absolute Gasteiger partial charge is 0.290 e. The van der Waals surface area contributed by atoms with Crippen molar-refractivity contribution in [2.24, 2.45) is 0 Å². The Bertz CT molecular complexity index is 1140. The molecule has 1 N–H and O–H groups in total. The van der Waals surface area contributed by atoms with Crippen molar-refractivity contribution < 1.29 is 23.8 Å². The molecule has 0 saturated heterocycles. The minimum absolute atomic E-state index is 0.0206. The fourth-order valence-corrected chi connectivity index (χ4v) is 3.96. The fourth-order valence-electron chi connectivity index (χ4n) is 3.96. The SMILES string of the molecule is CCCN1C(=O)C(O)=C(C(=O)c2cc3ccccc3o2)C1c1cccc(OC(C)C)c1. The number of carbonyl (C=O) groups excluding carboxylic acids is 2. The summed E-state index contributed by atoms with van der Waals surface area (Å²) in [5.41, 5.74) is 1.30.